The zero-order chi connectivity index (χ0) is 7.90. The fourth-order valence-electron chi connectivity index (χ4n) is 1.99. The lowest BCUT2D eigenvalue weighted by Gasteiger charge is -2.28. The first-order chi connectivity index (χ1) is 5.26. The van der Waals surface area contributed by atoms with E-state index in [2.05, 4.69) is 7.85 Å². The van der Waals surface area contributed by atoms with E-state index in [1.54, 1.807) is 7.11 Å². The highest BCUT2D eigenvalue weighted by Gasteiger charge is 2.51. The third-order valence-corrected chi connectivity index (χ3v) is 2.50. The molecule has 2 rings (SSSR count). The normalized spacial score (nSPS) is 48.5. The highest BCUT2D eigenvalue weighted by atomic mass is 16.6. The summed E-state index contributed by atoms with van der Waals surface area (Å²) in [5, 5.41) is 0. The van der Waals surface area contributed by atoms with E-state index in [0.717, 1.165) is 6.42 Å². The second kappa shape index (κ2) is 2.47. The largest absolute Gasteiger partial charge is 0.382 e. The van der Waals surface area contributed by atoms with Gasteiger partial charge in [0.1, 0.15) is 13.4 Å². The summed E-state index contributed by atoms with van der Waals surface area (Å²) in [5.41, 5.74) is -0.112. The van der Waals surface area contributed by atoms with Crippen LogP contribution in [0.15, 0.2) is 0 Å². The molecule has 3 nitrogen and oxygen atoms in total. The molecule has 2 bridgehead atoms. The first kappa shape index (κ1) is 7.59. The van der Waals surface area contributed by atoms with Crippen molar-refractivity contribution >= 4 is 7.85 Å². The number of fused-ring (bicyclic) bond motifs is 2. The molecule has 0 N–H and O–H groups in total. The summed E-state index contributed by atoms with van der Waals surface area (Å²) in [4.78, 5) is 0. The van der Waals surface area contributed by atoms with E-state index in [-0.39, 0.29) is 11.6 Å². The summed E-state index contributed by atoms with van der Waals surface area (Å²) < 4.78 is 16.3. The van der Waals surface area contributed by atoms with E-state index in [4.69, 9.17) is 14.2 Å². The summed E-state index contributed by atoms with van der Waals surface area (Å²) in [7, 11) is 3.76. The summed E-state index contributed by atoms with van der Waals surface area (Å²) in [6, 6.07) is 0.249. The quantitative estimate of drug-likeness (QED) is 0.487. The molecule has 0 amide bonds. The van der Waals surface area contributed by atoms with E-state index in [1.165, 1.54) is 0 Å². The molecule has 0 unspecified atom stereocenters. The number of ether oxygens (including phenoxy) is 3. The van der Waals surface area contributed by atoms with Crippen LogP contribution in [0, 0.1) is 0 Å². The average molecular weight is 156 g/mol. The zero-order valence-electron chi connectivity index (χ0n) is 7.00. The second-order valence-corrected chi connectivity index (χ2v) is 3.49. The monoisotopic (exact) mass is 156 g/mol. The molecule has 0 saturated carbocycles. The van der Waals surface area contributed by atoms with E-state index in [0.29, 0.717) is 19.3 Å². The van der Waals surface area contributed by atoms with Crippen LogP contribution in [-0.4, -0.2) is 45.9 Å². The van der Waals surface area contributed by atoms with Gasteiger partial charge in [-0.2, -0.15) is 0 Å². The molecule has 0 aromatic rings. The third kappa shape index (κ3) is 1.09. The Balaban J connectivity index is 2.05. The van der Waals surface area contributed by atoms with E-state index in [1.807, 2.05) is 0 Å². The predicted octanol–water partition coefficient (Wildman–Crippen LogP) is -0.850. The van der Waals surface area contributed by atoms with Crippen LogP contribution in [-0.2, 0) is 14.2 Å². The Morgan fingerprint density at radius 3 is 3.00 bits per heavy atom. The van der Waals surface area contributed by atoms with Crippen LogP contribution in [0.2, 0.25) is 0 Å². The maximum absolute atomic E-state index is 5.74. The fourth-order valence-corrected chi connectivity index (χ4v) is 1.99. The van der Waals surface area contributed by atoms with Gasteiger partial charge in [0.05, 0.1) is 25.3 Å². The molecule has 62 valence electrons. The van der Waals surface area contributed by atoms with Crippen LogP contribution in [0.1, 0.15) is 6.42 Å². The van der Waals surface area contributed by atoms with Crippen LogP contribution in [0.25, 0.3) is 0 Å². The Morgan fingerprint density at radius 2 is 2.55 bits per heavy atom. The molecule has 2 fully saturated rings. The lowest BCUT2D eigenvalue weighted by atomic mass is 9.94. The van der Waals surface area contributed by atoms with Crippen LogP contribution in [0.4, 0.5) is 0 Å². The zero-order valence-corrected chi connectivity index (χ0v) is 7.00. The number of rotatable bonds is 2. The standard InChI is InChI=1S/C7H13BO3/c1-9-3-7-2-5(10-4-7)6(8)11-7/h5-6H,2-4,8H2,1H3/t5-,6-,7-/m1/s1. The molecule has 0 aromatic heterocycles. The fraction of sp³-hybridized carbons (Fsp3) is 1.00. The van der Waals surface area contributed by atoms with Crippen molar-refractivity contribution in [1.82, 2.24) is 0 Å². The predicted molar refractivity (Wildman–Crippen MR) is 42.4 cm³/mol. The SMILES string of the molecule is B[C@@H]1O[C@]2(COC)CO[C@@H]1C2. The van der Waals surface area contributed by atoms with Gasteiger partial charge in [-0.15, -0.1) is 0 Å². The van der Waals surface area contributed by atoms with Gasteiger partial charge >= 0.3 is 0 Å². The van der Waals surface area contributed by atoms with Gasteiger partial charge in [0, 0.05) is 13.5 Å². The minimum Gasteiger partial charge on any atom is -0.382 e. The lowest BCUT2D eigenvalue weighted by Crippen LogP contribution is -2.40. The highest BCUT2D eigenvalue weighted by molar-refractivity contribution is 6.11. The Hall–Kier alpha value is -0.0551. The molecule has 0 aliphatic carbocycles. The van der Waals surface area contributed by atoms with E-state index >= 15 is 0 Å². The molecule has 4 heteroatoms. The topological polar surface area (TPSA) is 27.7 Å². The molecule has 2 aliphatic rings. The lowest BCUT2D eigenvalue weighted by molar-refractivity contribution is -0.134. The van der Waals surface area contributed by atoms with Crippen LogP contribution >= 0.6 is 0 Å². The molecule has 0 radical (unpaired) electrons. The van der Waals surface area contributed by atoms with Crippen molar-refractivity contribution in [2.45, 2.75) is 24.1 Å². The smallest absolute Gasteiger partial charge is 0.142 e. The van der Waals surface area contributed by atoms with Crippen LogP contribution < -0.4 is 0 Å². The average Bonchev–Trinajstić information content (AvgIpc) is 2.44. The summed E-state index contributed by atoms with van der Waals surface area (Å²) in [6.45, 7) is 1.36. The summed E-state index contributed by atoms with van der Waals surface area (Å²) in [6.07, 6.45) is 1.31. The van der Waals surface area contributed by atoms with Crippen molar-refractivity contribution in [2.75, 3.05) is 20.3 Å². The molecule has 2 saturated heterocycles. The van der Waals surface area contributed by atoms with Crippen LogP contribution in [0.3, 0.4) is 0 Å². The van der Waals surface area contributed by atoms with Crippen LogP contribution in [0.5, 0.6) is 0 Å². The van der Waals surface area contributed by atoms with Crippen molar-refractivity contribution in [2.24, 2.45) is 0 Å². The molecule has 0 spiro atoms. The van der Waals surface area contributed by atoms with Gasteiger partial charge in [0.25, 0.3) is 0 Å². The van der Waals surface area contributed by atoms with Gasteiger partial charge < -0.3 is 14.2 Å². The molecule has 2 aliphatic heterocycles. The maximum atomic E-state index is 5.74. The van der Waals surface area contributed by atoms with Gasteiger partial charge in [-0.3, -0.25) is 0 Å². The minimum absolute atomic E-state index is 0.112. The van der Waals surface area contributed by atoms with Gasteiger partial charge in [-0.25, -0.2) is 0 Å². The highest BCUT2D eigenvalue weighted by Crippen LogP contribution is 2.38. The summed E-state index contributed by atoms with van der Waals surface area (Å²) in [5.74, 6) is 0. The van der Waals surface area contributed by atoms with Crippen molar-refractivity contribution < 1.29 is 14.2 Å². The van der Waals surface area contributed by atoms with Gasteiger partial charge in [0.2, 0.25) is 0 Å². The van der Waals surface area contributed by atoms with E-state index < -0.39 is 0 Å². The minimum atomic E-state index is -0.112. The molecule has 0 aromatic carbocycles. The van der Waals surface area contributed by atoms with Gasteiger partial charge in [-0.05, 0) is 0 Å². The Morgan fingerprint density at radius 1 is 1.73 bits per heavy atom. The molecular formula is C7H13BO3. The Kier molecular flexibility index (Phi) is 1.70. The Bertz CT molecular complexity index is 160. The molecule has 2 heterocycles. The molecule has 11 heavy (non-hydrogen) atoms. The van der Waals surface area contributed by atoms with Crippen molar-refractivity contribution in [3.05, 3.63) is 0 Å². The summed E-state index contributed by atoms with van der Waals surface area (Å²) >= 11 is 0. The first-order valence-electron chi connectivity index (χ1n) is 4.04. The van der Waals surface area contributed by atoms with Crippen molar-refractivity contribution in [3.63, 3.8) is 0 Å². The van der Waals surface area contributed by atoms with Gasteiger partial charge in [0.15, 0.2) is 0 Å². The Labute approximate surface area is 67.4 Å². The number of hydrogen-bond acceptors (Lipinski definition) is 3. The van der Waals surface area contributed by atoms with E-state index in [9.17, 15) is 0 Å². The number of methoxy groups -OCH3 is 1. The van der Waals surface area contributed by atoms with Gasteiger partial charge in [-0.1, -0.05) is 0 Å². The second-order valence-electron chi connectivity index (χ2n) is 3.49. The first-order valence-corrected chi connectivity index (χ1v) is 4.04. The van der Waals surface area contributed by atoms with Crippen molar-refractivity contribution in [3.8, 4) is 0 Å². The maximum Gasteiger partial charge on any atom is 0.142 e. The van der Waals surface area contributed by atoms with Crippen molar-refractivity contribution in [1.29, 1.82) is 0 Å². The molecular weight excluding hydrogens is 143 g/mol. The molecule has 3 atom stereocenters. The number of hydrogen-bond donors (Lipinski definition) is 0. The third-order valence-electron chi connectivity index (χ3n) is 2.50.